The van der Waals surface area contributed by atoms with E-state index in [0.29, 0.717) is 0 Å². The number of benzene rings is 1. The summed E-state index contributed by atoms with van der Waals surface area (Å²) in [7, 11) is 0. The summed E-state index contributed by atoms with van der Waals surface area (Å²) < 4.78 is 26.4. The monoisotopic (exact) mass is 278 g/mol. The first kappa shape index (κ1) is 13.9. The molecule has 3 N–H and O–H groups in total. The Morgan fingerprint density at radius 2 is 2.00 bits per heavy atom. The molecule has 1 aromatic carbocycles. The lowest BCUT2D eigenvalue weighted by atomic mass is 10.1. The van der Waals surface area contributed by atoms with Crippen molar-refractivity contribution in [2.24, 2.45) is 0 Å². The second-order valence-electron chi connectivity index (χ2n) is 4.15. The summed E-state index contributed by atoms with van der Waals surface area (Å²) in [5.41, 5.74) is 5.66. The highest BCUT2D eigenvalue weighted by Crippen LogP contribution is 2.18. The quantitative estimate of drug-likeness (QED) is 0.897. The Bertz CT molecular complexity index is 648. The summed E-state index contributed by atoms with van der Waals surface area (Å²) >= 11 is 0. The summed E-state index contributed by atoms with van der Waals surface area (Å²) in [6.45, 7) is 1.57. The molecular formula is C13H12F2N4O. The topological polar surface area (TPSA) is 80.9 Å². The molecule has 0 bridgehead atoms. The molecule has 0 aliphatic heterocycles. The summed E-state index contributed by atoms with van der Waals surface area (Å²) in [6, 6.07) is 2.49. The third-order valence-corrected chi connectivity index (χ3v) is 2.72. The van der Waals surface area contributed by atoms with E-state index in [0.717, 1.165) is 12.1 Å². The minimum absolute atomic E-state index is 0.0169. The molecule has 0 radical (unpaired) electrons. The lowest BCUT2D eigenvalue weighted by molar-refractivity contribution is 0.0935. The highest BCUT2D eigenvalue weighted by molar-refractivity contribution is 5.96. The zero-order chi connectivity index (χ0) is 14.7. The lowest BCUT2D eigenvalue weighted by Crippen LogP contribution is -2.29. The Kier molecular flexibility index (Phi) is 3.88. The molecule has 0 unspecified atom stereocenters. The standard InChI is InChI=1S/C13H12F2N4O/c1-7(9-3-2-8(14)6-10(9)15)19-13(20)11-12(16)18-5-4-17-11/h2-7H,1H3,(H2,16,18)(H,19,20)/t7-/m0/s1. The number of anilines is 1. The second kappa shape index (κ2) is 5.60. The molecule has 0 fully saturated rings. The van der Waals surface area contributed by atoms with E-state index in [2.05, 4.69) is 15.3 Å². The zero-order valence-corrected chi connectivity index (χ0v) is 10.6. The van der Waals surface area contributed by atoms with Crippen LogP contribution in [0.5, 0.6) is 0 Å². The van der Waals surface area contributed by atoms with E-state index in [1.807, 2.05) is 0 Å². The minimum Gasteiger partial charge on any atom is -0.382 e. The van der Waals surface area contributed by atoms with Crippen LogP contribution >= 0.6 is 0 Å². The Morgan fingerprint density at radius 1 is 1.30 bits per heavy atom. The maximum Gasteiger partial charge on any atom is 0.274 e. The van der Waals surface area contributed by atoms with Crippen LogP contribution in [0.3, 0.4) is 0 Å². The summed E-state index contributed by atoms with van der Waals surface area (Å²) in [5, 5.41) is 2.53. The molecule has 0 saturated heterocycles. The average Bonchev–Trinajstić information content (AvgIpc) is 2.38. The average molecular weight is 278 g/mol. The van der Waals surface area contributed by atoms with Gasteiger partial charge in [0.2, 0.25) is 0 Å². The fourth-order valence-electron chi connectivity index (χ4n) is 1.72. The molecule has 7 heteroatoms. The molecule has 2 aromatic rings. The smallest absolute Gasteiger partial charge is 0.274 e. The Hall–Kier alpha value is -2.57. The van der Waals surface area contributed by atoms with Crippen molar-refractivity contribution in [2.45, 2.75) is 13.0 Å². The van der Waals surface area contributed by atoms with Crippen molar-refractivity contribution in [1.29, 1.82) is 0 Å². The number of rotatable bonds is 3. The van der Waals surface area contributed by atoms with Gasteiger partial charge >= 0.3 is 0 Å². The summed E-state index contributed by atoms with van der Waals surface area (Å²) in [5.74, 6) is -2.00. The van der Waals surface area contributed by atoms with Crippen LogP contribution in [0.25, 0.3) is 0 Å². The van der Waals surface area contributed by atoms with Crippen LogP contribution in [0.15, 0.2) is 30.6 Å². The van der Waals surface area contributed by atoms with E-state index in [1.165, 1.54) is 18.5 Å². The van der Waals surface area contributed by atoms with Gasteiger partial charge in [-0.3, -0.25) is 4.79 Å². The largest absolute Gasteiger partial charge is 0.382 e. The summed E-state index contributed by atoms with van der Waals surface area (Å²) in [4.78, 5) is 19.5. The van der Waals surface area contributed by atoms with E-state index in [1.54, 1.807) is 6.92 Å². The number of hydrogen-bond donors (Lipinski definition) is 2. The van der Waals surface area contributed by atoms with Crippen molar-refractivity contribution in [3.63, 3.8) is 0 Å². The predicted octanol–water partition coefficient (Wildman–Crippen LogP) is 1.83. The second-order valence-corrected chi connectivity index (χ2v) is 4.15. The number of amides is 1. The molecule has 1 aromatic heterocycles. The molecule has 20 heavy (non-hydrogen) atoms. The molecule has 0 aliphatic rings. The van der Waals surface area contributed by atoms with E-state index >= 15 is 0 Å². The number of carbonyl (C=O) groups excluding carboxylic acids is 1. The zero-order valence-electron chi connectivity index (χ0n) is 10.6. The van der Waals surface area contributed by atoms with Gasteiger partial charge in [0.05, 0.1) is 6.04 Å². The third kappa shape index (κ3) is 2.87. The Morgan fingerprint density at radius 3 is 2.65 bits per heavy atom. The van der Waals surface area contributed by atoms with Gasteiger partial charge in [0.25, 0.3) is 5.91 Å². The molecule has 2 rings (SSSR count). The molecule has 5 nitrogen and oxygen atoms in total. The molecule has 104 valence electrons. The molecule has 0 aliphatic carbocycles. The van der Waals surface area contributed by atoms with Gasteiger partial charge < -0.3 is 11.1 Å². The van der Waals surface area contributed by atoms with Gasteiger partial charge in [-0.25, -0.2) is 18.7 Å². The van der Waals surface area contributed by atoms with Gasteiger partial charge in [-0.15, -0.1) is 0 Å². The van der Waals surface area contributed by atoms with Gasteiger partial charge in [0.1, 0.15) is 11.6 Å². The van der Waals surface area contributed by atoms with Crippen LogP contribution < -0.4 is 11.1 Å². The van der Waals surface area contributed by atoms with Crippen molar-refractivity contribution in [3.8, 4) is 0 Å². The van der Waals surface area contributed by atoms with Crippen molar-refractivity contribution in [2.75, 3.05) is 5.73 Å². The van der Waals surface area contributed by atoms with Crippen LogP contribution in [0.4, 0.5) is 14.6 Å². The predicted molar refractivity (Wildman–Crippen MR) is 68.7 cm³/mol. The fraction of sp³-hybridized carbons (Fsp3) is 0.154. The van der Waals surface area contributed by atoms with E-state index in [-0.39, 0.29) is 17.1 Å². The van der Waals surface area contributed by atoms with Gasteiger partial charge in [-0.2, -0.15) is 0 Å². The highest BCUT2D eigenvalue weighted by atomic mass is 19.1. The number of nitrogens with two attached hydrogens (primary N) is 1. The number of carbonyl (C=O) groups is 1. The van der Waals surface area contributed by atoms with Crippen LogP contribution in [0.2, 0.25) is 0 Å². The molecular weight excluding hydrogens is 266 g/mol. The van der Waals surface area contributed by atoms with Crippen molar-refractivity contribution in [3.05, 3.63) is 53.5 Å². The lowest BCUT2D eigenvalue weighted by Gasteiger charge is -2.15. The van der Waals surface area contributed by atoms with E-state index in [4.69, 9.17) is 5.73 Å². The van der Waals surface area contributed by atoms with Gasteiger partial charge in [-0.05, 0) is 13.0 Å². The molecule has 0 spiro atoms. The molecule has 1 amide bonds. The first-order valence-electron chi connectivity index (χ1n) is 5.81. The SMILES string of the molecule is C[C@H](NC(=O)c1nccnc1N)c1ccc(F)cc1F. The Labute approximate surface area is 113 Å². The van der Waals surface area contributed by atoms with Gasteiger partial charge in [0, 0.05) is 24.0 Å². The fourth-order valence-corrected chi connectivity index (χ4v) is 1.72. The number of nitrogens with zero attached hydrogens (tertiary/aromatic N) is 2. The number of nitrogens with one attached hydrogen (secondary N) is 1. The van der Waals surface area contributed by atoms with Gasteiger partial charge in [0.15, 0.2) is 11.5 Å². The first-order valence-corrected chi connectivity index (χ1v) is 5.81. The number of nitrogen functional groups attached to an aromatic ring is 1. The van der Waals surface area contributed by atoms with E-state index < -0.39 is 23.6 Å². The third-order valence-electron chi connectivity index (χ3n) is 2.72. The minimum atomic E-state index is -0.732. The number of halogens is 2. The number of aromatic nitrogens is 2. The van der Waals surface area contributed by atoms with E-state index in [9.17, 15) is 13.6 Å². The van der Waals surface area contributed by atoms with Crippen LogP contribution in [-0.2, 0) is 0 Å². The van der Waals surface area contributed by atoms with Crippen LogP contribution in [0.1, 0.15) is 29.0 Å². The van der Waals surface area contributed by atoms with Crippen molar-refractivity contribution >= 4 is 11.7 Å². The van der Waals surface area contributed by atoms with Crippen molar-refractivity contribution < 1.29 is 13.6 Å². The first-order chi connectivity index (χ1) is 9.49. The van der Waals surface area contributed by atoms with Gasteiger partial charge in [-0.1, -0.05) is 6.07 Å². The normalized spacial score (nSPS) is 11.9. The molecule has 0 saturated carbocycles. The van der Waals surface area contributed by atoms with Crippen molar-refractivity contribution in [1.82, 2.24) is 15.3 Å². The summed E-state index contributed by atoms with van der Waals surface area (Å²) in [6.07, 6.45) is 2.68. The maximum atomic E-state index is 13.6. The van der Waals surface area contributed by atoms with Crippen LogP contribution in [0, 0.1) is 11.6 Å². The Balaban J connectivity index is 2.17. The van der Waals surface area contributed by atoms with Crippen LogP contribution in [-0.4, -0.2) is 15.9 Å². The maximum absolute atomic E-state index is 13.6. The molecule has 1 heterocycles. The molecule has 1 atom stereocenters. The number of hydrogen-bond acceptors (Lipinski definition) is 4. The highest BCUT2D eigenvalue weighted by Gasteiger charge is 2.18.